The van der Waals surface area contributed by atoms with E-state index in [4.69, 9.17) is 0 Å². The lowest BCUT2D eigenvalue weighted by Crippen LogP contribution is -2.59. The van der Waals surface area contributed by atoms with Crippen molar-refractivity contribution in [3.63, 3.8) is 0 Å². The summed E-state index contributed by atoms with van der Waals surface area (Å²) >= 11 is 0. The Balaban J connectivity index is 2.10. The van der Waals surface area contributed by atoms with Gasteiger partial charge in [-0.25, -0.2) is 0 Å². The first-order valence-electron chi connectivity index (χ1n) is 6.54. The van der Waals surface area contributed by atoms with Crippen LogP contribution in [0.3, 0.4) is 0 Å². The molecule has 8 heteroatoms. The summed E-state index contributed by atoms with van der Waals surface area (Å²) in [5.74, 6) is -7.99. The van der Waals surface area contributed by atoms with Crippen LogP contribution in [0.1, 0.15) is 32.1 Å². The third-order valence-electron chi connectivity index (χ3n) is 4.34. The largest absolute Gasteiger partial charge is 0.463 e. The summed E-state index contributed by atoms with van der Waals surface area (Å²) in [4.78, 5) is 12.0. The average Bonchev–Trinajstić information content (AvgIpc) is 2.35. The summed E-state index contributed by atoms with van der Waals surface area (Å²) in [6.45, 7) is -0.501. The van der Waals surface area contributed by atoms with Crippen LogP contribution in [0.2, 0.25) is 0 Å². The van der Waals surface area contributed by atoms with Crippen molar-refractivity contribution >= 4 is 5.91 Å². The highest BCUT2D eigenvalue weighted by Gasteiger charge is 2.65. The molecule has 1 aliphatic carbocycles. The fraction of sp³-hybridized carbons (Fsp3) is 0.917. The van der Waals surface area contributed by atoms with Crippen LogP contribution in [-0.4, -0.2) is 46.7 Å². The fourth-order valence-electron chi connectivity index (χ4n) is 3.08. The van der Waals surface area contributed by atoms with Gasteiger partial charge < -0.3 is 10.0 Å². The van der Waals surface area contributed by atoms with Gasteiger partial charge in [0.25, 0.3) is 0 Å². The maximum atomic E-state index is 13.0. The smallest absolute Gasteiger partial charge is 0.389 e. The highest BCUT2D eigenvalue weighted by molar-refractivity contribution is 5.84. The topological polar surface area (TPSA) is 40.5 Å². The highest BCUT2D eigenvalue weighted by Crippen LogP contribution is 2.42. The zero-order chi connectivity index (χ0) is 15.2. The normalized spacial score (nSPS) is 31.9. The van der Waals surface area contributed by atoms with Crippen molar-refractivity contribution in [3.05, 3.63) is 0 Å². The number of hydrogen-bond acceptors (Lipinski definition) is 2. The van der Waals surface area contributed by atoms with Crippen molar-refractivity contribution < 1.29 is 31.9 Å². The minimum absolute atomic E-state index is 0.0529. The molecule has 1 amide bonds. The molecular formula is C12H16F5NO2. The summed E-state index contributed by atoms with van der Waals surface area (Å²) in [6.07, 6.45) is -3.20. The quantitative estimate of drug-likeness (QED) is 0.755. The predicted molar refractivity (Wildman–Crippen MR) is 59.1 cm³/mol. The van der Waals surface area contributed by atoms with E-state index in [-0.39, 0.29) is 19.5 Å². The van der Waals surface area contributed by atoms with E-state index >= 15 is 0 Å². The molecule has 1 saturated heterocycles. The van der Waals surface area contributed by atoms with Crippen LogP contribution in [0.25, 0.3) is 0 Å². The Labute approximate surface area is 112 Å². The summed E-state index contributed by atoms with van der Waals surface area (Å²) in [7, 11) is 0. The third-order valence-corrected chi connectivity index (χ3v) is 4.34. The number of likely N-dealkylation sites (tertiary alicyclic amines) is 1. The Kier molecular flexibility index (Phi) is 3.73. The minimum Gasteiger partial charge on any atom is -0.389 e. The van der Waals surface area contributed by atoms with Gasteiger partial charge in [-0.15, -0.1) is 0 Å². The number of alkyl halides is 5. The standard InChI is InChI=1S/C12H16F5NO2/c13-11(14,12(15,16)17)9(19)18-6-5-10(20)4-2-1-3-8(10)7-18/h8,20H,1-7H2. The molecule has 116 valence electrons. The molecule has 0 spiro atoms. The van der Waals surface area contributed by atoms with E-state index < -0.39 is 29.5 Å². The zero-order valence-corrected chi connectivity index (χ0v) is 10.7. The van der Waals surface area contributed by atoms with E-state index in [1.807, 2.05) is 0 Å². The fourth-order valence-corrected chi connectivity index (χ4v) is 3.08. The number of rotatable bonds is 1. The lowest BCUT2D eigenvalue weighted by molar-refractivity contribution is -0.276. The van der Waals surface area contributed by atoms with Crippen molar-refractivity contribution in [3.8, 4) is 0 Å². The van der Waals surface area contributed by atoms with Crippen LogP contribution in [0, 0.1) is 5.92 Å². The average molecular weight is 301 g/mol. The van der Waals surface area contributed by atoms with Crippen molar-refractivity contribution in [2.24, 2.45) is 5.92 Å². The first-order chi connectivity index (χ1) is 9.08. The van der Waals surface area contributed by atoms with Crippen LogP contribution in [-0.2, 0) is 4.79 Å². The van der Waals surface area contributed by atoms with Crippen molar-refractivity contribution in [1.29, 1.82) is 0 Å². The van der Waals surface area contributed by atoms with E-state index in [0.717, 1.165) is 12.8 Å². The second-order valence-corrected chi connectivity index (χ2v) is 5.62. The summed E-state index contributed by atoms with van der Waals surface area (Å²) in [5, 5.41) is 10.3. The first-order valence-corrected chi connectivity index (χ1v) is 6.54. The molecule has 0 aromatic heterocycles. The number of halogens is 5. The Bertz CT molecular complexity index is 398. The van der Waals surface area contributed by atoms with E-state index in [2.05, 4.69) is 0 Å². The predicted octanol–water partition coefficient (Wildman–Crippen LogP) is 2.34. The lowest BCUT2D eigenvalue weighted by Gasteiger charge is -2.47. The highest BCUT2D eigenvalue weighted by atomic mass is 19.4. The number of piperidine rings is 1. The molecule has 2 rings (SSSR count). The molecule has 1 aliphatic heterocycles. The van der Waals surface area contributed by atoms with Gasteiger partial charge in [0.15, 0.2) is 0 Å². The Morgan fingerprint density at radius 3 is 2.40 bits per heavy atom. The maximum Gasteiger partial charge on any atom is 0.463 e. The molecule has 2 fully saturated rings. The van der Waals surface area contributed by atoms with Gasteiger partial charge in [-0.05, 0) is 19.3 Å². The number of nitrogens with zero attached hydrogens (tertiary/aromatic N) is 1. The molecule has 1 heterocycles. The Morgan fingerprint density at radius 1 is 1.15 bits per heavy atom. The maximum absolute atomic E-state index is 13.0. The van der Waals surface area contributed by atoms with Crippen LogP contribution in [0.4, 0.5) is 22.0 Å². The second-order valence-electron chi connectivity index (χ2n) is 5.62. The monoisotopic (exact) mass is 301 g/mol. The van der Waals surface area contributed by atoms with Crippen LogP contribution in [0.5, 0.6) is 0 Å². The SMILES string of the molecule is O=C(N1CCC2(O)CCCCC2C1)C(F)(F)C(F)(F)F. The van der Waals surface area contributed by atoms with Gasteiger partial charge in [-0.3, -0.25) is 4.79 Å². The molecule has 0 bridgehead atoms. The van der Waals surface area contributed by atoms with Gasteiger partial charge in [-0.2, -0.15) is 22.0 Å². The van der Waals surface area contributed by atoms with Gasteiger partial charge in [0.1, 0.15) is 0 Å². The number of carbonyl (C=O) groups is 1. The van der Waals surface area contributed by atoms with Crippen LogP contribution >= 0.6 is 0 Å². The van der Waals surface area contributed by atoms with E-state index in [0.29, 0.717) is 17.7 Å². The third kappa shape index (κ3) is 2.49. The van der Waals surface area contributed by atoms with Gasteiger partial charge >= 0.3 is 18.0 Å². The minimum atomic E-state index is -5.88. The van der Waals surface area contributed by atoms with Gasteiger partial charge in [-0.1, -0.05) is 12.8 Å². The molecule has 2 atom stereocenters. The molecular weight excluding hydrogens is 285 g/mol. The second kappa shape index (κ2) is 4.82. The molecule has 2 unspecified atom stereocenters. The van der Waals surface area contributed by atoms with E-state index in [1.165, 1.54) is 0 Å². The van der Waals surface area contributed by atoms with Crippen LogP contribution in [0.15, 0.2) is 0 Å². The molecule has 2 aliphatic rings. The van der Waals surface area contributed by atoms with Crippen molar-refractivity contribution in [1.82, 2.24) is 4.90 Å². The van der Waals surface area contributed by atoms with Crippen LogP contribution < -0.4 is 0 Å². The molecule has 0 radical (unpaired) electrons. The van der Waals surface area contributed by atoms with Gasteiger partial charge in [0.2, 0.25) is 0 Å². The first kappa shape index (κ1) is 15.5. The van der Waals surface area contributed by atoms with E-state index in [1.54, 1.807) is 0 Å². The number of amides is 1. The Morgan fingerprint density at radius 2 is 1.80 bits per heavy atom. The lowest BCUT2D eigenvalue weighted by atomic mass is 9.71. The molecule has 1 N–H and O–H groups in total. The summed E-state index contributed by atoms with van der Waals surface area (Å²) in [6, 6.07) is 0. The molecule has 0 aromatic carbocycles. The van der Waals surface area contributed by atoms with Gasteiger partial charge in [0.05, 0.1) is 5.60 Å². The van der Waals surface area contributed by atoms with Gasteiger partial charge in [0, 0.05) is 19.0 Å². The zero-order valence-electron chi connectivity index (χ0n) is 10.7. The number of carbonyl (C=O) groups excluding carboxylic acids is 1. The molecule has 1 saturated carbocycles. The molecule has 20 heavy (non-hydrogen) atoms. The number of fused-ring (bicyclic) bond motifs is 1. The van der Waals surface area contributed by atoms with Crippen molar-refractivity contribution in [2.75, 3.05) is 13.1 Å². The summed E-state index contributed by atoms with van der Waals surface area (Å²) < 4.78 is 62.7. The summed E-state index contributed by atoms with van der Waals surface area (Å²) in [5.41, 5.74) is -1.03. The van der Waals surface area contributed by atoms with Crippen molar-refractivity contribution in [2.45, 2.75) is 49.8 Å². The molecule has 3 nitrogen and oxygen atoms in total. The van der Waals surface area contributed by atoms with E-state index in [9.17, 15) is 31.9 Å². The number of hydrogen-bond donors (Lipinski definition) is 1. The Hall–Kier alpha value is -0.920. The molecule has 0 aromatic rings. The number of aliphatic hydroxyl groups is 1.